The van der Waals surface area contributed by atoms with E-state index in [4.69, 9.17) is 11.6 Å². The van der Waals surface area contributed by atoms with Gasteiger partial charge in [-0.05, 0) is 12.3 Å². The van der Waals surface area contributed by atoms with Crippen LogP contribution in [0.1, 0.15) is 142 Å². The van der Waals surface area contributed by atoms with E-state index in [1.807, 2.05) is 0 Å². The molecule has 0 saturated carbocycles. The van der Waals surface area contributed by atoms with Gasteiger partial charge in [-0.15, -0.1) is 11.6 Å². The molecule has 0 aromatic carbocycles. The van der Waals surface area contributed by atoms with Gasteiger partial charge in [0.1, 0.15) is 0 Å². The molecule has 0 rings (SSSR count). The number of unbranched alkanes of at least 4 members (excludes halogenated alkanes) is 14. The minimum Gasteiger partial charge on any atom is -0.127 e. The second-order valence-electron chi connectivity index (χ2n) is 8.22. The van der Waals surface area contributed by atoms with Crippen molar-refractivity contribution in [1.82, 2.24) is 0 Å². The van der Waals surface area contributed by atoms with Crippen LogP contribution in [0.4, 0.5) is 0 Å². The van der Waals surface area contributed by atoms with Crippen molar-refractivity contribution in [1.29, 1.82) is 0 Å². The van der Waals surface area contributed by atoms with Crippen molar-refractivity contribution in [3.8, 4) is 0 Å². The molecule has 1 heteroatoms. The Kier molecular flexibility index (Phi) is 22.6. The molecule has 0 spiro atoms. The molecule has 152 valence electrons. The third-order valence-corrected chi connectivity index (χ3v) is 5.95. The van der Waals surface area contributed by atoms with Gasteiger partial charge in [0.2, 0.25) is 0 Å². The number of hydrogen-bond donors (Lipinski definition) is 0. The molecule has 0 radical (unpaired) electrons. The van der Waals surface area contributed by atoms with Crippen molar-refractivity contribution < 1.29 is 0 Å². The molecule has 0 aliphatic rings. The molecule has 0 aliphatic carbocycles. The summed E-state index contributed by atoms with van der Waals surface area (Å²) >= 11 is 5.72. The summed E-state index contributed by atoms with van der Waals surface area (Å²) in [6, 6.07) is 0. The highest BCUT2D eigenvalue weighted by Gasteiger charge is 2.08. The predicted molar refractivity (Wildman–Crippen MR) is 118 cm³/mol. The maximum atomic E-state index is 5.72. The smallest absolute Gasteiger partial charge is 0.0223 e. The van der Waals surface area contributed by atoms with Gasteiger partial charge in [-0.2, -0.15) is 0 Å². The van der Waals surface area contributed by atoms with Crippen molar-refractivity contribution in [2.45, 2.75) is 142 Å². The lowest BCUT2D eigenvalue weighted by Crippen LogP contribution is -2.01. The number of hydrogen-bond acceptors (Lipinski definition) is 0. The highest BCUT2D eigenvalue weighted by molar-refractivity contribution is 6.17. The predicted octanol–water partition coefficient (Wildman–Crippen LogP) is 9.68. The molecule has 0 bridgehead atoms. The Morgan fingerprint density at radius 1 is 0.440 bits per heavy atom. The molecular weight excluding hydrogens is 324 g/mol. The molecule has 0 nitrogen and oxygen atoms in total. The number of rotatable bonds is 21. The van der Waals surface area contributed by atoms with Crippen LogP contribution in [0.5, 0.6) is 0 Å². The lowest BCUT2D eigenvalue weighted by atomic mass is 9.90. The van der Waals surface area contributed by atoms with Crippen LogP contribution in [0.2, 0.25) is 0 Å². The normalized spacial score (nSPS) is 12.6. The first-order valence-corrected chi connectivity index (χ1v) is 12.4. The highest BCUT2D eigenvalue weighted by atomic mass is 35.5. The Hall–Kier alpha value is 0.290. The minimum atomic E-state index is 0.845. The fourth-order valence-corrected chi connectivity index (χ4v) is 4.09. The van der Waals surface area contributed by atoms with Gasteiger partial charge in [0, 0.05) is 5.88 Å². The van der Waals surface area contributed by atoms with Crippen LogP contribution in [0, 0.1) is 5.92 Å². The monoisotopic (exact) mass is 372 g/mol. The van der Waals surface area contributed by atoms with E-state index >= 15 is 0 Å². The van der Waals surface area contributed by atoms with E-state index in [0.29, 0.717) is 0 Å². The summed E-state index contributed by atoms with van der Waals surface area (Å²) in [6.07, 6.45) is 28.7. The standard InChI is InChI=1S/C24H49Cl/c1-3-5-7-8-11-14-17-21-24(20-6-4-2)22-18-15-12-9-10-13-16-19-23-25/h24H,3-23H2,1-2H3. The van der Waals surface area contributed by atoms with Gasteiger partial charge in [-0.25, -0.2) is 0 Å². The first-order valence-electron chi connectivity index (χ1n) is 11.9. The van der Waals surface area contributed by atoms with E-state index in [1.165, 1.54) is 128 Å². The number of halogens is 1. The Labute approximate surface area is 165 Å². The van der Waals surface area contributed by atoms with Crippen LogP contribution in [-0.2, 0) is 0 Å². The lowest BCUT2D eigenvalue weighted by molar-refractivity contribution is 0.370. The molecule has 0 N–H and O–H groups in total. The van der Waals surface area contributed by atoms with E-state index in [2.05, 4.69) is 13.8 Å². The molecule has 0 aliphatic heterocycles. The van der Waals surface area contributed by atoms with Crippen molar-refractivity contribution in [3.63, 3.8) is 0 Å². The molecule has 1 atom stereocenters. The third-order valence-electron chi connectivity index (χ3n) is 5.68. The van der Waals surface area contributed by atoms with Gasteiger partial charge >= 0.3 is 0 Å². The maximum Gasteiger partial charge on any atom is 0.0223 e. The Morgan fingerprint density at radius 3 is 1.24 bits per heavy atom. The summed E-state index contributed by atoms with van der Waals surface area (Å²) in [6.45, 7) is 4.65. The van der Waals surface area contributed by atoms with Crippen molar-refractivity contribution in [2.75, 3.05) is 5.88 Å². The summed E-state index contributed by atoms with van der Waals surface area (Å²) < 4.78 is 0. The second-order valence-corrected chi connectivity index (χ2v) is 8.60. The third kappa shape index (κ3) is 20.5. The van der Waals surface area contributed by atoms with Crippen LogP contribution in [0.15, 0.2) is 0 Å². The van der Waals surface area contributed by atoms with Crippen LogP contribution < -0.4 is 0 Å². The molecular formula is C24H49Cl. The van der Waals surface area contributed by atoms with Crippen LogP contribution >= 0.6 is 11.6 Å². The largest absolute Gasteiger partial charge is 0.127 e. The summed E-state index contributed by atoms with van der Waals surface area (Å²) in [5.41, 5.74) is 0. The molecule has 0 aromatic rings. The molecule has 0 saturated heterocycles. The fourth-order valence-electron chi connectivity index (χ4n) is 3.90. The van der Waals surface area contributed by atoms with E-state index in [0.717, 1.165) is 11.8 Å². The summed E-state index contributed by atoms with van der Waals surface area (Å²) in [5, 5.41) is 0. The zero-order valence-corrected chi connectivity index (χ0v) is 18.6. The fraction of sp³-hybridized carbons (Fsp3) is 1.00. The topological polar surface area (TPSA) is 0 Å². The Bertz CT molecular complexity index is 226. The number of alkyl halides is 1. The summed E-state index contributed by atoms with van der Waals surface area (Å²) in [5.74, 6) is 1.87. The maximum absolute atomic E-state index is 5.72. The highest BCUT2D eigenvalue weighted by Crippen LogP contribution is 2.24. The van der Waals surface area contributed by atoms with Crippen LogP contribution in [0.3, 0.4) is 0 Å². The molecule has 0 fully saturated rings. The average Bonchev–Trinajstić information content (AvgIpc) is 2.63. The summed E-state index contributed by atoms with van der Waals surface area (Å²) in [4.78, 5) is 0. The quantitative estimate of drug-likeness (QED) is 0.139. The van der Waals surface area contributed by atoms with E-state index in [1.54, 1.807) is 0 Å². The minimum absolute atomic E-state index is 0.845. The van der Waals surface area contributed by atoms with Gasteiger partial charge in [-0.3, -0.25) is 0 Å². The zero-order valence-electron chi connectivity index (χ0n) is 17.8. The Morgan fingerprint density at radius 2 is 0.800 bits per heavy atom. The SMILES string of the molecule is CCCCCCCCCC(CCCC)CCCCCCCCCCCl. The van der Waals surface area contributed by atoms with Gasteiger partial charge in [-0.1, -0.05) is 136 Å². The molecule has 25 heavy (non-hydrogen) atoms. The van der Waals surface area contributed by atoms with Crippen LogP contribution in [0.25, 0.3) is 0 Å². The summed E-state index contributed by atoms with van der Waals surface area (Å²) in [7, 11) is 0. The first-order chi connectivity index (χ1) is 12.3. The zero-order chi connectivity index (χ0) is 18.4. The van der Waals surface area contributed by atoms with Gasteiger partial charge in [0.15, 0.2) is 0 Å². The van der Waals surface area contributed by atoms with Gasteiger partial charge in [0.25, 0.3) is 0 Å². The van der Waals surface area contributed by atoms with E-state index in [-0.39, 0.29) is 0 Å². The van der Waals surface area contributed by atoms with E-state index in [9.17, 15) is 0 Å². The van der Waals surface area contributed by atoms with Crippen molar-refractivity contribution >= 4 is 11.6 Å². The van der Waals surface area contributed by atoms with Crippen molar-refractivity contribution in [2.24, 2.45) is 5.92 Å². The molecule has 1 unspecified atom stereocenters. The Balaban J connectivity index is 3.53. The second kappa shape index (κ2) is 22.3. The van der Waals surface area contributed by atoms with Gasteiger partial charge < -0.3 is 0 Å². The van der Waals surface area contributed by atoms with E-state index < -0.39 is 0 Å². The van der Waals surface area contributed by atoms with Crippen molar-refractivity contribution in [3.05, 3.63) is 0 Å². The molecule has 0 amide bonds. The molecule has 0 aromatic heterocycles. The van der Waals surface area contributed by atoms with Gasteiger partial charge in [0.05, 0.1) is 0 Å². The van der Waals surface area contributed by atoms with Crippen LogP contribution in [-0.4, -0.2) is 5.88 Å². The molecule has 0 heterocycles. The lowest BCUT2D eigenvalue weighted by Gasteiger charge is -2.16. The first kappa shape index (κ1) is 25.3. The average molecular weight is 373 g/mol.